The Hall–Kier alpha value is -3.52. The van der Waals surface area contributed by atoms with Crippen molar-refractivity contribution in [2.45, 2.75) is 6.61 Å². The number of ether oxygens (including phenoxy) is 1. The summed E-state index contributed by atoms with van der Waals surface area (Å²) in [7, 11) is 0. The van der Waals surface area contributed by atoms with Crippen LogP contribution in [-0.4, -0.2) is 11.0 Å². The topological polar surface area (TPSA) is 54.7 Å². The molecular formula is C21H14F2N2O3S. The van der Waals surface area contributed by atoms with Crippen LogP contribution in [0.25, 0.3) is 6.08 Å². The number of amides is 1. The smallest absolute Gasteiger partial charge is 0.281 e. The molecule has 0 unspecified atom stereocenters. The first-order valence-electron chi connectivity index (χ1n) is 8.60. The fourth-order valence-corrected chi connectivity index (χ4v) is 3.08. The Kier molecular flexibility index (Phi) is 5.09. The van der Waals surface area contributed by atoms with E-state index in [1.54, 1.807) is 24.3 Å². The molecule has 1 aliphatic heterocycles. The SMILES string of the molecule is O=C1/C(=C\c2ccc(COc3ccc(F)cc3F)o2)NC(=S)N1c1ccccc1. The van der Waals surface area contributed by atoms with Gasteiger partial charge in [0.1, 0.15) is 29.6 Å². The highest BCUT2D eigenvalue weighted by Crippen LogP contribution is 2.23. The zero-order chi connectivity index (χ0) is 20.4. The number of para-hydroxylation sites is 1. The molecule has 1 N–H and O–H groups in total. The minimum absolute atomic E-state index is 0.0539. The van der Waals surface area contributed by atoms with E-state index in [1.165, 1.54) is 17.0 Å². The third-order valence-corrected chi connectivity index (χ3v) is 4.41. The van der Waals surface area contributed by atoms with Crippen LogP contribution in [-0.2, 0) is 11.4 Å². The van der Waals surface area contributed by atoms with Gasteiger partial charge in [-0.05, 0) is 48.6 Å². The normalized spacial score (nSPS) is 15.1. The number of anilines is 1. The van der Waals surface area contributed by atoms with Crippen molar-refractivity contribution in [2.24, 2.45) is 0 Å². The van der Waals surface area contributed by atoms with Crippen LogP contribution in [0.4, 0.5) is 14.5 Å². The molecule has 0 saturated carbocycles. The number of rotatable bonds is 5. The van der Waals surface area contributed by atoms with Gasteiger partial charge in [0, 0.05) is 12.1 Å². The van der Waals surface area contributed by atoms with E-state index in [0.29, 0.717) is 17.2 Å². The summed E-state index contributed by atoms with van der Waals surface area (Å²) in [5, 5.41) is 3.15. The molecule has 0 spiro atoms. The number of hydrogen-bond acceptors (Lipinski definition) is 4. The maximum absolute atomic E-state index is 13.6. The van der Waals surface area contributed by atoms with Crippen LogP contribution in [0.1, 0.15) is 11.5 Å². The lowest BCUT2D eigenvalue weighted by molar-refractivity contribution is -0.113. The zero-order valence-electron chi connectivity index (χ0n) is 14.9. The van der Waals surface area contributed by atoms with Crippen molar-refractivity contribution in [1.82, 2.24) is 5.32 Å². The molecule has 0 atom stereocenters. The van der Waals surface area contributed by atoms with Gasteiger partial charge in [-0.1, -0.05) is 18.2 Å². The number of carbonyl (C=O) groups is 1. The summed E-state index contributed by atoms with van der Waals surface area (Å²) in [4.78, 5) is 14.1. The molecule has 8 heteroatoms. The minimum atomic E-state index is -0.797. The first-order valence-corrected chi connectivity index (χ1v) is 9.01. The second kappa shape index (κ2) is 7.84. The number of nitrogens with zero attached hydrogens (tertiary/aromatic N) is 1. The van der Waals surface area contributed by atoms with Crippen molar-refractivity contribution in [3.63, 3.8) is 0 Å². The lowest BCUT2D eigenvalue weighted by atomic mass is 10.3. The van der Waals surface area contributed by atoms with Crippen molar-refractivity contribution in [3.05, 3.63) is 89.5 Å². The Bertz CT molecular complexity index is 1110. The standard InChI is InChI=1S/C21H14F2N2O3S/c22-13-6-9-19(17(23)10-13)27-12-16-8-7-15(28-16)11-18-20(26)25(21(29)24-18)14-4-2-1-3-5-14/h1-11H,12H2,(H,24,29)/b18-11+. The first-order chi connectivity index (χ1) is 14.0. The summed E-state index contributed by atoms with van der Waals surface area (Å²) in [6.45, 7) is -0.0539. The highest BCUT2D eigenvalue weighted by molar-refractivity contribution is 7.80. The van der Waals surface area contributed by atoms with Gasteiger partial charge in [0.15, 0.2) is 16.7 Å². The number of nitrogens with one attached hydrogen (secondary N) is 1. The van der Waals surface area contributed by atoms with Crippen molar-refractivity contribution < 1.29 is 22.7 Å². The monoisotopic (exact) mass is 412 g/mol. The number of carbonyl (C=O) groups excluding carboxylic acids is 1. The van der Waals surface area contributed by atoms with Crippen molar-refractivity contribution in [3.8, 4) is 5.75 Å². The van der Waals surface area contributed by atoms with Crippen LogP contribution in [0.2, 0.25) is 0 Å². The average Bonchev–Trinajstić information content (AvgIpc) is 3.26. The number of thiocarbonyl (C=S) groups is 1. The Morgan fingerprint density at radius 3 is 2.66 bits per heavy atom. The second-order valence-corrected chi connectivity index (χ2v) is 6.52. The number of hydrogen-bond donors (Lipinski definition) is 1. The summed E-state index contributed by atoms with van der Waals surface area (Å²) in [5.41, 5.74) is 0.929. The molecule has 1 fully saturated rings. The van der Waals surface area contributed by atoms with Gasteiger partial charge in [-0.2, -0.15) is 0 Å². The third kappa shape index (κ3) is 4.02. The molecular weight excluding hydrogens is 398 g/mol. The third-order valence-electron chi connectivity index (χ3n) is 4.13. The van der Waals surface area contributed by atoms with E-state index < -0.39 is 11.6 Å². The van der Waals surface area contributed by atoms with Gasteiger partial charge >= 0.3 is 0 Å². The summed E-state index contributed by atoms with van der Waals surface area (Å²) < 4.78 is 37.5. The van der Waals surface area contributed by atoms with E-state index in [9.17, 15) is 13.6 Å². The maximum Gasteiger partial charge on any atom is 0.281 e. The van der Waals surface area contributed by atoms with E-state index in [4.69, 9.17) is 21.4 Å². The highest BCUT2D eigenvalue weighted by atomic mass is 32.1. The Labute approximate surface area is 170 Å². The van der Waals surface area contributed by atoms with Crippen LogP contribution in [0.15, 0.2) is 70.8 Å². The Morgan fingerprint density at radius 2 is 1.90 bits per heavy atom. The lowest BCUT2D eigenvalue weighted by Gasteiger charge is -2.13. The van der Waals surface area contributed by atoms with Gasteiger partial charge in [0.25, 0.3) is 5.91 Å². The van der Waals surface area contributed by atoms with Crippen LogP contribution in [0.5, 0.6) is 5.75 Å². The van der Waals surface area contributed by atoms with E-state index in [2.05, 4.69) is 5.32 Å². The zero-order valence-corrected chi connectivity index (χ0v) is 15.7. The van der Waals surface area contributed by atoms with Gasteiger partial charge < -0.3 is 14.5 Å². The second-order valence-electron chi connectivity index (χ2n) is 6.13. The Morgan fingerprint density at radius 1 is 1.10 bits per heavy atom. The van der Waals surface area contributed by atoms with Gasteiger partial charge in [-0.3, -0.25) is 9.69 Å². The highest BCUT2D eigenvalue weighted by Gasteiger charge is 2.32. The van der Waals surface area contributed by atoms with Crippen LogP contribution in [0.3, 0.4) is 0 Å². The van der Waals surface area contributed by atoms with Crippen molar-refractivity contribution in [2.75, 3.05) is 4.90 Å². The minimum Gasteiger partial charge on any atom is -0.483 e. The van der Waals surface area contributed by atoms with Crippen molar-refractivity contribution >= 4 is 35.0 Å². The summed E-state index contributed by atoms with van der Waals surface area (Å²) in [6.07, 6.45) is 1.53. The summed E-state index contributed by atoms with van der Waals surface area (Å²) in [6, 6.07) is 15.4. The average molecular weight is 412 g/mol. The predicted molar refractivity (Wildman–Crippen MR) is 107 cm³/mol. The fourth-order valence-electron chi connectivity index (χ4n) is 2.78. The quantitative estimate of drug-likeness (QED) is 0.497. The number of benzene rings is 2. The van der Waals surface area contributed by atoms with Gasteiger partial charge in [-0.25, -0.2) is 8.78 Å². The van der Waals surface area contributed by atoms with Crippen molar-refractivity contribution in [1.29, 1.82) is 0 Å². The molecule has 0 radical (unpaired) electrons. The molecule has 1 amide bonds. The molecule has 146 valence electrons. The molecule has 1 aliphatic rings. The fraction of sp³-hybridized carbons (Fsp3) is 0.0476. The van der Waals surface area contributed by atoms with Crippen LogP contribution < -0.4 is 15.0 Å². The van der Waals surface area contributed by atoms with E-state index in [-0.39, 0.29) is 29.1 Å². The molecule has 0 aliphatic carbocycles. The molecule has 1 saturated heterocycles. The van der Waals surface area contributed by atoms with E-state index in [0.717, 1.165) is 12.1 Å². The predicted octanol–water partition coefficient (Wildman–Crippen LogP) is 4.40. The molecule has 4 rings (SSSR count). The maximum atomic E-state index is 13.6. The molecule has 2 aromatic carbocycles. The number of halogens is 2. The molecule has 3 aromatic rings. The largest absolute Gasteiger partial charge is 0.483 e. The van der Waals surface area contributed by atoms with E-state index in [1.807, 2.05) is 18.2 Å². The molecule has 29 heavy (non-hydrogen) atoms. The van der Waals surface area contributed by atoms with Gasteiger partial charge in [0.05, 0.1) is 5.69 Å². The van der Waals surface area contributed by atoms with E-state index >= 15 is 0 Å². The lowest BCUT2D eigenvalue weighted by Crippen LogP contribution is -2.30. The summed E-state index contributed by atoms with van der Waals surface area (Å²) in [5.74, 6) is -1.06. The van der Waals surface area contributed by atoms with Gasteiger partial charge in [-0.15, -0.1) is 0 Å². The number of furan rings is 1. The van der Waals surface area contributed by atoms with Crippen LogP contribution in [0, 0.1) is 11.6 Å². The molecule has 2 heterocycles. The van der Waals surface area contributed by atoms with Crippen LogP contribution >= 0.6 is 12.2 Å². The Balaban J connectivity index is 1.46. The molecule has 5 nitrogen and oxygen atoms in total. The summed E-state index contributed by atoms with van der Waals surface area (Å²) >= 11 is 5.26. The molecule has 0 bridgehead atoms. The first kappa shape index (κ1) is 18.8. The molecule has 1 aromatic heterocycles. The van der Waals surface area contributed by atoms with Gasteiger partial charge in [0.2, 0.25) is 0 Å².